The maximum Gasteiger partial charge on any atom is 0.435 e. The van der Waals surface area contributed by atoms with Crippen molar-refractivity contribution in [2.75, 3.05) is 6.54 Å². The molecule has 2 aromatic rings. The van der Waals surface area contributed by atoms with E-state index in [1.807, 2.05) is 0 Å². The Morgan fingerprint density at radius 3 is 2.04 bits per heavy atom. The Kier molecular flexibility index (Phi) is 8.53. The lowest BCUT2D eigenvalue weighted by molar-refractivity contribution is -0.348. The van der Waals surface area contributed by atoms with Crippen LogP contribution in [0.2, 0.25) is 5.02 Å². The molecular weight excluding hydrogens is 667 g/mol. The smallest absolute Gasteiger partial charge is 0.435 e. The zero-order chi connectivity index (χ0) is 34.1. The third kappa shape index (κ3) is 5.00. The van der Waals surface area contributed by atoms with E-state index in [9.17, 15) is 49.5 Å². The summed E-state index contributed by atoms with van der Waals surface area (Å²) in [6, 6.07) is 5.63. The highest BCUT2D eigenvalue weighted by Crippen LogP contribution is 2.57. The number of rotatable bonds is 6. The van der Waals surface area contributed by atoms with E-state index in [0.717, 1.165) is 6.07 Å². The van der Waals surface area contributed by atoms with Crippen molar-refractivity contribution >= 4 is 33.3 Å². The van der Waals surface area contributed by atoms with Crippen molar-refractivity contribution in [3.05, 3.63) is 64.2 Å². The molecule has 46 heavy (non-hydrogen) atoms. The Morgan fingerprint density at radius 1 is 0.935 bits per heavy atom. The zero-order valence-corrected chi connectivity index (χ0v) is 26.1. The summed E-state index contributed by atoms with van der Waals surface area (Å²) < 4.78 is 124. The van der Waals surface area contributed by atoms with Crippen LogP contribution in [0.15, 0.2) is 47.4 Å². The third-order valence-corrected chi connectivity index (χ3v) is 13.2. The Labute approximate surface area is 265 Å². The second-order valence-corrected chi connectivity index (χ2v) is 15.1. The summed E-state index contributed by atoms with van der Waals surface area (Å²) in [6.45, 7) is 1.68. The quantitative estimate of drug-likeness (QED) is 0.316. The van der Waals surface area contributed by atoms with E-state index in [2.05, 4.69) is 0 Å². The fraction of sp³-hybridized carbons (Fsp3) is 0.548. The van der Waals surface area contributed by atoms with E-state index >= 15 is 4.39 Å². The van der Waals surface area contributed by atoms with Crippen molar-refractivity contribution in [2.45, 2.75) is 92.0 Å². The number of nitrogens with zero attached hydrogens (tertiary/aromatic N) is 1. The molecule has 5 rings (SSSR count). The van der Waals surface area contributed by atoms with Crippen molar-refractivity contribution in [1.29, 1.82) is 0 Å². The number of carboxylic acids is 1. The van der Waals surface area contributed by atoms with Gasteiger partial charge in [-0.25, -0.2) is 12.8 Å². The second kappa shape index (κ2) is 11.4. The monoisotopic (exact) mass is 697 g/mol. The number of carboxylic acid groups (broad SMARTS) is 1. The van der Waals surface area contributed by atoms with Gasteiger partial charge in [0.1, 0.15) is 4.75 Å². The molecule has 15 heteroatoms. The van der Waals surface area contributed by atoms with Gasteiger partial charge in [-0.1, -0.05) is 36.7 Å². The molecule has 2 fully saturated rings. The van der Waals surface area contributed by atoms with E-state index in [4.69, 9.17) is 11.6 Å². The lowest BCUT2D eigenvalue weighted by atomic mass is 9.68. The number of halogens is 8. The Morgan fingerprint density at radius 2 is 1.52 bits per heavy atom. The summed E-state index contributed by atoms with van der Waals surface area (Å²) in [5.41, 5.74) is -8.67. The predicted molar refractivity (Wildman–Crippen MR) is 152 cm³/mol. The molecule has 1 saturated carbocycles. The number of amides is 1. The van der Waals surface area contributed by atoms with Crippen LogP contribution in [0.3, 0.4) is 0 Å². The summed E-state index contributed by atoms with van der Waals surface area (Å²) >= 11 is 5.97. The Bertz CT molecular complexity index is 1620. The van der Waals surface area contributed by atoms with Gasteiger partial charge in [0.25, 0.3) is 0 Å². The van der Waals surface area contributed by atoms with E-state index in [1.165, 1.54) is 29.2 Å². The number of hydrogen-bond acceptors (Lipinski definition) is 4. The number of likely N-dealkylation sites (tertiary alicyclic amines) is 1. The van der Waals surface area contributed by atoms with Gasteiger partial charge in [-0.2, -0.15) is 26.3 Å². The van der Waals surface area contributed by atoms with E-state index in [0.29, 0.717) is 18.6 Å². The van der Waals surface area contributed by atoms with Crippen LogP contribution in [0.25, 0.3) is 0 Å². The largest absolute Gasteiger partial charge is 0.481 e. The molecule has 1 amide bonds. The molecule has 2 atom stereocenters. The number of fused-ring (bicyclic) bond motifs is 3. The number of carbonyl (C=O) groups excluding carboxylic acids is 1. The highest BCUT2D eigenvalue weighted by atomic mass is 35.5. The average molecular weight is 698 g/mol. The molecule has 0 radical (unpaired) electrons. The molecular formula is C31H31ClF7NO5S. The number of hydrogen-bond donors (Lipinski definition) is 1. The van der Waals surface area contributed by atoms with Crippen LogP contribution < -0.4 is 0 Å². The highest BCUT2D eigenvalue weighted by Gasteiger charge is 2.74. The molecule has 2 unspecified atom stereocenters. The molecule has 2 aliphatic carbocycles. The number of aryl methyl sites for hydroxylation is 1. The summed E-state index contributed by atoms with van der Waals surface area (Å²) in [5.74, 6) is -1.93. The molecule has 0 spiro atoms. The van der Waals surface area contributed by atoms with Gasteiger partial charge in [0.2, 0.25) is 5.91 Å². The van der Waals surface area contributed by atoms with E-state index < -0.39 is 61.5 Å². The SMILES string of the molecule is CC[C@]1(C(=O)O)CC[C@H](C(=O)N2CCC3(S(=O)(=O)c4ccc(Cl)cc4)c4ccc(C(F)(C(F)(F)F)C(F)(F)F)cc4CCC23)CC1. The molecule has 2 aromatic carbocycles. The van der Waals surface area contributed by atoms with Gasteiger partial charge in [-0.05, 0) is 86.8 Å². The molecule has 6 nitrogen and oxygen atoms in total. The van der Waals surface area contributed by atoms with Crippen molar-refractivity contribution in [3.8, 4) is 0 Å². The Balaban J connectivity index is 1.60. The van der Waals surface area contributed by atoms with Crippen LogP contribution >= 0.6 is 11.6 Å². The molecule has 1 aliphatic heterocycles. The topological polar surface area (TPSA) is 91.8 Å². The first kappa shape index (κ1) is 34.5. The van der Waals surface area contributed by atoms with Gasteiger partial charge >= 0.3 is 24.0 Å². The van der Waals surface area contributed by atoms with Crippen molar-refractivity contribution < 1.29 is 53.8 Å². The van der Waals surface area contributed by atoms with E-state index in [1.54, 1.807) is 6.92 Å². The lowest BCUT2D eigenvalue weighted by Gasteiger charge is -2.44. The van der Waals surface area contributed by atoms with Crippen LogP contribution in [0.4, 0.5) is 30.7 Å². The van der Waals surface area contributed by atoms with Gasteiger partial charge in [-0.3, -0.25) is 9.59 Å². The summed E-state index contributed by atoms with van der Waals surface area (Å²) in [6.07, 6.45) is -11.9. The minimum atomic E-state index is -6.35. The molecule has 3 aliphatic rings. The van der Waals surface area contributed by atoms with Gasteiger partial charge in [-0.15, -0.1) is 0 Å². The number of aliphatic carboxylic acids is 1. The van der Waals surface area contributed by atoms with E-state index in [-0.39, 0.29) is 78.4 Å². The zero-order valence-electron chi connectivity index (χ0n) is 24.5. The number of sulfone groups is 1. The standard InChI is InChI=1S/C31H31ClF7NO5S/c1-2-27(26(42)43)13-11-18(12-14-27)25(41)40-16-15-28(46(44,45)22-7-5-21(32)6-8-22)23-9-4-20(17-19(23)3-10-24(28)40)29(33,30(34,35)36)31(37,38)39/h4-9,17-18,24H,2-3,10-16H2,1H3,(H,42,43)/t18-,24?,27-,28?. The maximum absolute atomic E-state index is 15.0. The minimum absolute atomic E-state index is 0.0794. The number of carbonyl (C=O) groups is 2. The van der Waals surface area contributed by atoms with Crippen LogP contribution in [-0.4, -0.2) is 55.2 Å². The third-order valence-electron chi connectivity index (χ3n) is 10.4. The van der Waals surface area contributed by atoms with Gasteiger partial charge in [0.05, 0.1) is 16.4 Å². The van der Waals surface area contributed by atoms with Crippen LogP contribution in [-0.2, 0) is 36.3 Å². The first-order valence-electron chi connectivity index (χ1n) is 14.8. The van der Waals surface area contributed by atoms with Crippen molar-refractivity contribution in [3.63, 3.8) is 0 Å². The predicted octanol–water partition coefficient (Wildman–Crippen LogP) is 7.52. The fourth-order valence-corrected chi connectivity index (χ4v) is 10.2. The summed E-state index contributed by atoms with van der Waals surface area (Å²) in [4.78, 5) is 27.1. The first-order chi connectivity index (χ1) is 21.3. The van der Waals surface area contributed by atoms with Crippen LogP contribution in [0.5, 0.6) is 0 Å². The van der Waals surface area contributed by atoms with Crippen LogP contribution in [0.1, 0.15) is 68.6 Å². The normalized spacial score (nSPS) is 27.2. The van der Waals surface area contributed by atoms with Crippen LogP contribution in [0, 0.1) is 11.3 Å². The summed E-state index contributed by atoms with van der Waals surface area (Å²) in [7, 11) is -4.50. The highest BCUT2D eigenvalue weighted by molar-refractivity contribution is 7.92. The van der Waals surface area contributed by atoms with Crippen molar-refractivity contribution in [2.24, 2.45) is 11.3 Å². The average Bonchev–Trinajstić information content (AvgIpc) is 3.41. The molecule has 1 heterocycles. The minimum Gasteiger partial charge on any atom is -0.481 e. The summed E-state index contributed by atoms with van der Waals surface area (Å²) in [5, 5.41) is 9.97. The van der Waals surface area contributed by atoms with Gasteiger partial charge in [0.15, 0.2) is 9.84 Å². The number of benzene rings is 2. The van der Waals surface area contributed by atoms with Gasteiger partial charge in [0, 0.05) is 23.0 Å². The lowest BCUT2D eigenvalue weighted by Crippen LogP contribution is -2.54. The van der Waals surface area contributed by atoms with Crippen molar-refractivity contribution in [1.82, 2.24) is 4.90 Å². The number of alkyl halides is 7. The second-order valence-electron chi connectivity index (χ2n) is 12.4. The molecule has 1 N–H and O–H groups in total. The first-order valence-corrected chi connectivity index (χ1v) is 16.6. The Hall–Kier alpha value is -2.87. The maximum atomic E-state index is 15.0. The molecule has 252 valence electrons. The van der Waals surface area contributed by atoms with Gasteiger partial charge < -0.3 is 10.0 Å². The molecule has 0 aromatic heterocycles. The molecule has 0 bridgehead atoms. The fourth-order valence-electron chi connectivity index (χ4n) is 7.69. The molecule has 1 saturated heterocycles.